The van der Waals surface area contributed by atoms with Crippen LogP contribution in [-0.2, 0) is 0 Å². The summed E-state index contributed by atoms with van der Waals surface area (Å²) in [5.41, 5.74) is 0.122. The van der Waals surface area contributed by atoms with Crippen molar-refractivity contribution in [3.05, 3.63) is 39.2 Å². The Labute approximate surface area is 91.0 Å². The van der Waals surface area contributed by atoms with Gasteiger partial charge in [-0.3, -0.25) is 10.1 Å². The number of benzene rings is 1. The minimum Gasteiger partial charge on any atom is -0.258 e. The highest BCUT2D eigenvalue weighted by Gasteiger charge is 2.14. The van der Waals surface area contributed by atoms with Crippen LogP contribution < -0.4 is 0 Å². The molecule has 0 aromatic heterocycles. The molecule has 0 aliphatic carbocycles. The molecule has 0 unspecified atom stereocenters. The summed E-state index contributed by atoms with van der Waals surface area (Å²) in [5.74, 6) is 4.35. The zero-order chi connectivity index (χ0) is 11.4. The van der Waals surface area contributed by atoms with E-state index in [0.29, 0.717) is 0 Å². The van der Waals surface area contributed by atoms with Gasteiger partial charge in [0, 0.05) is 11.6 Å². The van der Waals surface area contributed by atoms with Gasteiger partial charge in [-0.25, -0.2) is 4.39 Å². The van der Waals surface area contributed by atoms with E-state index < -0.39 is 10.7 Å². The van der Waals surface area contributed by atoms with Crippen molar-refractivity contribution in [2.45, 2.75) is 6.92 Å². The molecule has 1 aromatic carbocycles. The molecular weight excluding hydrogens is 221 g/mol. The molecule has 0 saturated carbocycles. The first-order chi connectivity index (χ1) is 7.06. The molecule has 0 spiro atoms. The maximum absolute atomic E-state index is 13.2. The fraction of sp³-hybridized carbons (Fsp3) is 0.200. The third kappa shape index (κ3) is 2.67. The van der Waals surface area contributed by atoms with E-state index in [-0.39, 0.29) is 22.7 Å². The van der Waals surface area contributed by atoms with Crippen molar-refractivity contribution in [1.82, 2.24) is 0 Å². The van der Waals surface area contributed by atoms with Crippen LogP contribution in [0.1, 0.15) is 11.1 Å². The summed E-state index contributed by atoms with van der Waals surface area (Å²) in [6, 6.07) is 2.21. The number of halogens is 2. The van der Waals surface area contributed by atoms with Gasteiger partial charge in [-0.2, -0.15) is 0 Å². The molecule has 0 fully saturated rings. The Hall–Kier alpha value is -1.60. The number of hydrogen-bond acceptors (Lipinski definition) is 2. The average Bonchev–Trinajstić information content (AvgIpc) is 2.16. The molecular formula is C10H7ClFNO2. The first-order valence-electron chi connectivity index (χ1n) is 4.05. The van der Waals surface area contributed by atoms with Crippen LogP contribution in [0.5, 0.6) is 0 Å². The molecule has 78 valence electrons. The average molecular weight is 228 g/mol. The lowest BCUT2D eigenvalue weighted by Gasteiger charge is -1.99. The zero-order valence-electron chi connectivity index (χ0n) is 7.88. The van der Waals surface area contributed by atoms with Crippen LogP contribution in [-0.4, -0.2) is 10.8 Å². The van der Waals surface area contributed by atoms with E-state index in [1.807, 2.05) is 0 Å². The summed E-state index contributed by atoms with van der Waals surface area (Å²) in [4.78, 5) is 10.00. The molecule has 0 aliphatic rings. The molecule has 0 bridgehead atoms. The minimum atomic E-state index is -0.573. The fourth-order valence-electron chi connectivity index (χ4n) is 1.08. The highest BCUT2D eigenvalue weighted by atomic mass is 35.5. The smallest absolute Gasteiger partial charge is 0.258 e. The van der Waals surface area contributed by atoms with E-state index in [1.54, 1.807) is 0 Å². The first-order valence-corrected chi connectivity index (χ1v) is 4.59. The topological polar surface area (TPSA) is 43.1 Å². The lowest BCUT2D eigenvalue weighted by molar-refractivity contribution is -0.385. The summed E-state index contributed by atoms with van der Waals surface area (Å²) < 4.78 is 13.2. The van der Waals surface area contributed by atoms with Crippen LogP contribution in [0, 0.1) is 34.7 Å². The monoisotopic (exact) mass is 227 g/mol. The third-order valence-electron chi connectivity index (χ3n) is 1.77. The molecule has 0 N–H and O–H groups in total. The molecule has 0 atom stereocenters. The van der Waals surface area contributed by atoms with E-state index >= 15 is 0 Å². The number of hydrogen-bond donors (Lipinski definition) is 0. The lowest BCUT2D eigenvalue weighted by Crippen LogP contribution is -1.95. The van der Waals surface area contributed by atoms with Gasteiger partial charge < -0.3 is 0 Å². The van der Waals surface area contributed by atoms with E-state index in [9.17, 15) is 14.5 Å². The van der Waals surface area contributed by atoms with Crippen molar-refractivity contribution in [2.24, 2.45) is 0 Å². The largest absolute Gasteiger partial charge is 0.273 e. The zero-order valence-corrected chi connectivity index (χ0v) is 8.64. The molecule has 15 heavy (non-hydrogen) atoms. The van der Waals surface area contributed by atoms with Gasteiger partial charge in [0.1, 0.15) is 5.82 Å². The van der Waals surface area contributed by atoms with Gasteiger partial charge in [0.05, 0.1) is 16.4 Å². The number of nitro benzene ring substituents is 1. The Bertz CT molecular complexity index is 462. The summed E-state index contributed by atoms with van der Waals surface area (Å²) in [5, 5.41) is 10.6. The van der Waals surface area contributed by atoms with Crippen LogP contribution >= 0.6 is 11.6 Å². The lowest BCUT2D eigenvalue weighted by atomic mass is 10.1. The van der Waals surface area contributed by atoms with Crippen molar-refractivity contribution in [3.63, 3.8) is 0 Å². The van der Waals surface area contributed by atoms with E-state index in [1.165, 1.54) is 6.92 Å². The molecule has 0 heterocycles. The van der Waals surface area contributed by atoms with E-state index in [4.69, 9.17) is 11.6 Å². The predicted molar refractivity (Wildman–Crippen MR) is 55.4 cm³/mol. The van der Waals surface area contributed by atoms with Gasteiger partial charge in [-0.1, -0.05) is 11.8 Å². The number of alkyl halides is 1. The molecule has 0 aliphatic heterocycles. The Balaban J connectivity index is 3.29. The molecule has 0 amide bonds. The van der Waals surface area contributed by atoms with Crippen LogP contribution in [0.4, 0.5) is 10.1 Å². The molecule has 3 nitrogen and oxygen atoms in total. The standard InChI is InChI=1S/C10H7ClFNO2/c1-7-5-9(12)8(3-2-4-11)6-10(7)13(14)15/h5-6H,4H2,1H3. The fourth-order valence-corrected chi connectivity index (χ4v) is 1.15. The van der Waals surface area contributed by atoms with Gasteiger partial charge in [-0.05, 0) is 13.0 Å². The second-order valence-electron chi connectivity index (χ2n) is 2.81. The third-order valence-corrected chi connectivity index (χ3v) is 1.91. The van der Waals surface area contributed by atoms with Crippen LogP contribution in [0.2, 0.25) is 0 Å². The number of nitrogens with zero attached hydrogens (tertiary/aromatic N) is 1. The van der Waals surface area contributed by atoms with Crippen molar-refractivity contribution in [1.29, 1.82) is 0 Å². The van der Waals surface area contributed by atoms with Crippen LogP contribution in [0.25, 0.3) is 0 Å². The number of nitro groups is 1. The molecule has 0 saturated heterocycles. The maximum atomic E-state index is 13.2. The first kappa shape index (κ1) is 11.5. The quantitative estimate of drug-likeness (QED) is 0.320. The molecule has 0 radical (unpaired) electrons. The van der Waals surface area contributed by atoms with Gasteiger partial charge in [0.25, 0.3) is 5.69 Å². The SMILES string of the molecule is Cc1cc(F)c(C#CCCl)cc1[N+](=O)[O-]. The predicted octanol–water partition coefficient (Wildman–Crippen LogP) is 2.63. The van der Waals surface area contributed by atoms with Crippen molar-refractivity contribution in [2.75, 3.05) is 5.88 Å². The maximum Gasteiger partial charge on any atom is 0.273 e. The molecule has 1 aromatic rings. The normalized spacial score (nSPS) is 9.27. The van der Waals surface area contributed by atoms with Crippen molar-refractivity contribution < 1.29 is 9.31 Å². The van der Waals surface area contributed by atoms with E-state index in [2.05, 4.69) is 11.8 Å². The molecule has 5 heteroatoms. The summed E-state index contributed by atoms with van der Waals surface area (Å²) >= 11 is 5.31. The number of aryl methyl sites for hydroxylation is 1. The Morgan fingerprint density at radius 3 is 2.80 bits per heavy atom. The summed E-state index contributed by atoms with van der Waals surface area (Å²) in [6.07, 6.45) is 0. The highest BCUT2D eigenvalue weighted by molar-refractivity contribution is 6.19. The highest BCUT2D eigenvalue weighted by Crippen LogP contribution is 2.21. The van der Waals surface area contributed by atoms with Crippen molar-refractivity contribution >= 4 is 17.3 Å². The van der Waals surface area contributed by atoms with Gasteiger partial charge in [0.2, 0.25) is 0 Å². The van der Waals surface area contributed by atoms with Gasteiger partial charge in [0.15, 0.2) is 0 Å². The van der Waals surface area contributed by atoms with Crippen LogP contribution in [0.15, 0.2) is 12.1 Å². The van der Waals surface area contributed by atoms with Gasteiger partial charge in [-0.15, -0.1) is 11.6 Å². The van der Waals surface area contributed by atoms with Crippen LogP contribution in [0.3, 0.4) is 0 Å². The Kier molecular flexibility index (Phi) is 3.64. The minimum absolute atomic E-state index is 0.00653. The Morgan fingerprint density at radius 2 is 2.27 bits per heavy atom. The second-order valence-corrected chi connectivity index (χ2v) is 3.08. The molecule has 1 rings (SSSR count). The second kappa shape index (κ2) is 4.76. The number of rotatable bonds is 1. The van der Waals surface area contributed by atoms with Gasteiger partial charge >= 0.3 is 0 Å². The Morgan fingerprint density at radius 1 is 1.60 bits per heavy atom. The summed E-state index contributed by atoms with van der Waals surface area (Å²) in [7, 11) is 0. The van der Waals surface area contributed by atoms with E-state index in [0.717, 1.165) is 12.1 Å². The summed E-state index contributed by atoms with van der Waals surface area (Å²) in [6.45, 7) is 1.47. The van der Waals surface area contributed by atoms with Crippen molar-refractivity contribution in [3.8, 4) is 11.8 Å².